The van der Waals surface area contributed by atoms with Gasteiger partial charge in [0.05, 0.1) is 11.3 Å². The highest BCUT2D eigenvalue weighted by atomic mass is 79.9. The van der Waals surface area contributed by atoms with Crippen LogP contribution in [0.5, 0.6) is 11.5 Å². The molecule has 0 aliphatic carbocycles. The number of hydrogen-bond acceptors (Lipinski definition) is 4. The van der Waals surface area contributed by atoms with Gasteiger partial charge in [0.15, 0.2) is 23.1 Å². The van der Waals surface area contributed by atoms with Crippen molar-refractivity contribution in [3.05, 3.63) is 63.8 Å². The third-order valence-corrected chi connectivity index (χ3v) is 3.59. The Balaban J connectivity index is 2.43. The molecule has 2 aromatic rings. The maximum absolute atomic E-state index is 14.0. The Labute approximate surface area is 158 Å². The molecular formula is C17H7BrF5N3O. The molecule has 0 aliphatic rings. The van der Waals surface area contributed by atoms with Gasteiger partial charge in [-0.3, -0.25) is 0 Å². The lowest BCUT2D eigenvalue weighted by Crippen LogP contribution is -2.07. The van der Waals surface area contributed by atoms with Gasteiger partial charge in [0, 0.05) is 10.7 Å². The lowest BCUT2D eigenvalue weighted by molar-refractivity contribution is -0.138. The summed E-state index contributed by atoms with van der Waals surface area (Å²) in [5, 5.41) is 20.0. The van der Waals surface area contributed by atoms with Crippen LogP contribution in [0.2, 0.25) is 0 Å². The van der Waals surface area contributed by atoms with E-state index in [4.69, 9.17) is 15.3 Å². The minimum atomic E-state index is -4.92. The Morgan fingerprint density at radius 3 is 2.19 bits per heavy atom. The van der Waals surface area contributed by atoms with Crippen LogP contribution in [0.25, 0.3) is 0 Å². The van der Waals surface area contributed by atoms with Crippen LogP contribution < -0.4 is 10.1 Å². The fraction of sp³-hybridized carbons (Fsp3) is 0.0588. The highest BCUT2D eigenvalue weighted by molar-refractivity contribution is 9.10. The second-order valence-electron chi connectivity index (χ2n) is 4.94. The van der Waals surface area contributed by atoms with Gasteiger partial charge in [-0.15, -0.1) is 0 Å². The fourth-order valence-corrected chi connectivity index (χ4v) is 2.24. The summed E-state index contributed by atoms with van der Waals surface area (Å²) in [5.74, 6) is -4.26. The molecule has 0 radical (unpaired) electrons. The van der Waals surface area contributed by atoms with Gasteiger partial charge in [-0.1, -0.05) is 15.9 Å². The topological polar surface area (TPSA) is 68.8 Å². The maximum Gasteiger partial charge on any atom is 0.416 e. The van der Waals surface area contributed by atoms with Crippen molar-refractivity contribution in [2.45, 2.75) is 6.18 Å². The number of nitrogens with zero attached hydrogens (tertiary/aromatic N) is 2. The molecule has 2 rings (SSSR count). The van der Waals surface area contributed by atoms with Crippen molar-refractivity contribution in [3.63, 3.8) is 0 Å². The molecule has 0 aromatic heterocycles. The van der Waals surface area contributed by atoms with Crippen LogP contribution in [-0.2, 0) is 6.18 Å². The molecule has 4 nitrogen and oxygen atoms in total. The van der Waals surface area contributed by atoms with Crippen LogP contribution in [0.4, 0.5) is 27.6 Å². The molecular weight excluding hydrogens is 437 g/mol. The molecule has 2 aromatic carbocycles. The van der Waals surface area contributed by atoms with Crippen molar-refractivity contribution in [2.24, 2.45) is 0 Å². The van der Waals surface area contributed by atoms with Gasteiger partial charge in [0.25, 0.3) is 0 Å². The minimum absolute atomic E-state index is 0.103. The summed E-state index contributed by atoms with van der Waals surface area (Å²) in [6.07, 6.45) is -3.88. The third-order valence-electron chi connectivity index (χ3n) is 3.09. The van der Waals surface area contributed by atoms with E-state index in [9.17, 15) is 22.0 Å². The van der Waals surface area contributed by atoms with E-state index in [2.05, 4.69) is 21.2 Å². The van der Waals surface area contributed by atoms with Crippen molar-refractivity contribution in [2.75, 3.05) is 5.32 Å². The van der Waals surface area contributed by atoms with Gasteiger partial charge in [-0.2, -0.15) is 23.7 Å². The molecule has 0 saturated carbocycles. The average Bonchev–Trinajstić information content (AvgIpc) is 2.59. The first-order valence-corrected chi connectivity index (χ1v) is 7.75. The normalized spacial score (nSPS) is 10.5. The average molecular weight is 444 g/mol. The van der Waals surface area contributed by atoms with Gasteiger partial charge in [0.2, 0.25) is 0 Å². The van der Waals surface area contributed by atoms with E-state index in [1.807, 2.05) is 0 Å². The number of allylic oxidation sites excluding steroid dienone is 1. The largest absolute Gasteiger partial charge is 0.449 e. The molecule has 0 unspecified atom stereocenters. The van der Waals surface area contributed by atoms with Crippen LogP contribution in [0, 0.1) is 34.3 Å². The van der Waals surface area contributed by atoms with Crippen molar-refractivity contribution in [3.8, 4) is 23.6 Å². The van der Waals surface area contributed by atoms with Crippen LogP contribution in [0.3, 0.4) is 0 Å². The van der Waals surface area contributed by atoms with Crippen LogP contribution >= 0.6 is 15.9 Å². The van der Waals surface area contributed by atoms with E-state index in [1.165, 1.54) is 18.2 Å². The standard InChI is InChI=1S/C17H7BrF5N3O/c18-11-1-2-15(14(5-11)26-8-9(6-24)7-25)27-16-12(19)3-10(4-13(16)20)17(21,22)23/h1-5,8,26H. The number of nitrogens with one attached hydrogen (secondary N) is 1. The number of hydrogen-bond donors (Lipinski definition) is 1. The summed E-state index contributed by atoms with van der Waals surface area (Å²) < 4.78 is 71.4. The lowest BCUT2D eigenvalue weighted by Gasteiger charge is -2.14. The molecule has 0 amide bonds. The predicted molar refractivity (Wildman–Crippen MR) is 88.5 cm³/mol. The maximum atomic E-state index is 14.0. The zero-order valence-electron chi connectivity index (χ0n) is 13.0. The van der Waals surface area contributed by atoms with Gasteiger partial charge >= 0.3 is 6.18 Å². The number of nitriles is 2. The third kappa shape index (κ3) is 4.96. The molecule has 0 spiro atoms. The summed E-state index contributed by atoms with van der Waals surface area (Å²) in [6, 6.07) is 7.60. The van der Waals surface area contributed by atoms with Crippen LogP contribution in [0.15, 0.2) is 46.6 Å². The summed E-state index contributed by atoms with van der Waals surface area (Å²) in [6.45, 7) is 0. The quantitative estimate of drug-likeness (QED) is 0.473. The van der Waals surface area contributed by atoms with E-state index < -0.39 is 29.1 Å². The zero-order chi connectivity index (χ0) is 20.2. The second-order valence-corrected chi connectivity index (χ2v) is 5.85. The highest BCUT2D eigenvalue weighted by Crippen LogP contribution is 2.38. The van der Waals surface area contributed by atoms with Gasteiger partial charge in [-0.25, -0.2) is 8.78 Å². The first-order chi connectivity index (χ1) is 12.7. The van der Waals surface area contributed by atoms with E-state index in [1.54, 1.807) is 12.1 Å². The van der Waals surface area contributed by atoms with Crippen molar-refractivity contribution in [1.82, 2.24) is 0 Å². The Bertz CT molecular complexity index is 951. The van der Waals surface area contributed by atoms with Gasteiger partial charge < -0.3 is 10.1 Å². The molecule has 10 heteroatoms. The molecule has 0 heterocycles. The monoisotopic (exact) mass is 443 g/mol. The van der Waals surface area contributed by atoms with E-state index in [0.29, 0.717) is 4.47 Å². The summed E-state index contributed by atoms with van der Waals surface area (Å²) in [4.78, 5) is 0. The summed E-state index contributed by atoms with van der Waals surface area (Å²) in [7, 11) is 0. The molecule has 0 atom stereocenters. The van der Waals surface area contributed by atoms with Gasteiger partial charge in [-0.05, 0) is 30.3 Å². The molecule has 1 N–H and O–H groups in total. The molecule has 0 aliphatic heterocycles. The summed E-state index contributed by atoms with van der Waals surface area (Å²) in [5.41, 5.74) is -1.67. The van der Waals surface area contributed by atoms with E-state index in [-0.39, 0.29) is 29.1 Å². The molecule has 0 bridgehead atoms. The number of ether oxygens (including phenoxy) is 1. The highest BCUT2D eigenvalue weighted by Gasteiger charge is 2.33. The number of rotatable bonds is 4. The Morgan fingerprint density at radius 2 is 1.67 bits per heavy atom. The summed E-state index contributed by atoms with van der Waals surface area (Å²) >= 11 is 3.16. The fourth-order valence-electron chi connectivity index (χ4n) is 1.87. The van der Waals surface area contributed by atoms with Crippen molar-refractivity contribution in [1.29, 1.82) is 10.5 Å². The first-order valence-electron chi connectivity index (χ1n) is 6.96. The molecule has 27 heavy (non-hydrogen) atoms. The smallest absolute Gasteiger partial charge is 0.416 e. The number of alkyl halides is 3. The van der Waals surface area contributed by atoms with Crippen LogP contribution in [0.1, 0.15) is 5.56 Å². The van der Waals surface area contributed by atoms with E-state index in [0.717, 1.165) is 6.20 Å². The lowest BCUT2D eigenvalue weighted by atomic mass is 10.2. The van der Waals surface area contributed by atoms with Crippen LogP contribution in [-0.4, -0.2) is 0 Å². The Hall–Kier alpha value is -3.11. The second kappa shape index (κ2) is 8.06. The van der Waals surface area contributed by atoms with E-state index >= 15 is 0 Å². The Kier molecular flexibility index (Phi) is 6.03. The number of halogens is 6. The zero-order valence-corrected chi connectivity index (χ0v) is 14.6. The Morgan fingerprint density at radius 1 is 1.07 bits per heavy atom. The first kappa shape index (κ1) is 20.2. The molecule has 0 fully saturated rings. The SMILES string of the molecule is N#CC(C#N)=CNc1cc(Br)ccc1Oc1c(F)cc(C(F)(F)F)cc1F. The predicted octanol–water partition coefficient (Wildman–Crippen LogP) is 5.88. The number of anilines is 1. The van der Waals surface area contributed by atoms with Crippen molar-refractivity contribution >= 4 is 21.6 Å². The number of benzene rings is 2. The molecule has 0 saturated heterocycles. The van der Waals surface area contributed by atoms with Gasteiger partial charge in [0.1, 0.15) is 17.7 Å². The van der Waals surface area contributed by atoms with Crippen molar-refractivity contribution < 1.29 is 26.7 Å². The minimum Gasteiger partial charge on any atom is -0.449 e. The molecule has 138 valence electrons.